The Morgan fingerprint density at radius 3 is 2.60 bits per heavy atom. The van der Waals surface area contributed by atoms with E-state index >= 15 is 0 Å². The standard InChI is InChI=1S/C15H25N3O2/c1-10(15(2,3)4)17-9-12-8-11(14(16)18-19)6-7-13(12)20-5/h6-8,10,17,19H,9H2,1-5H3,(H2,16,18). The van der Waals surface area contributed by atoms with Crippen molar-refractivity contribution in [2.24, 2.45) is 16.3 Å². The van der Waals surface area contributed by atoms with Crippen LogP contribution in [-0.4, -0.2) is 24.2 Å². The van der Waals surface area contributed by atoms with E-state index in [1.165, 1.54) is 0 Å². The van der Waals surface area contributed by atoms with Gasteiger partial charge in [-0.25, -0.2) is 0 Å². The number of hydrogen-bond donors (Lipinski definition) is 3. The lowest BCUT2D eigenvalue weighted by atomic mass is 9.88. The zero-order chi connectivity index (χ0) is 15.3. The zero-order valence-electron chi connectivity index (χ0n) is 12.9. The van der Waals surface area contributed by atoms with E-state index in [4.69, 9.17) is 15.7 Å². The second-order valence-corrected chi connectivity index (χ2v) is 5.98. The predicted molar refractivity (Wildman–Crippen MR) is 81.3 cm³/mol. The maximum Gasteiger partial charge on any atom is 0.170 e. The van der Waals surface area contributed by atoms with E-state index in [-0.39, 0.29) is 11.3 Å². The van der Waals surface area contributed by atoms with Gasteiger partial charge in [0.05, 0.1) is 7.11 Å². The van der Waals surface area contributed by atoms with Gasteiger partial charge in [-0.3, -0.25) is 0 Å². The average molecular weight is 279 g/mol. The van der Waals surface area contributed by atoms with Crippen molar-refractivity contribution >= 4 is 5.84 Å². The van der Waals surface area contributed by atoms with Crippen molar-refractivity contribution in [3.8, 4) is 5.75 Å². The Balaban J connectivity index is 2.92. The Morgan fingerprint density at radius 2 is 2.10 bits per heavy atom. The summed E-state index contributed by atoms with van der Waals surface area (Å²) in [6, 6.07) is 5.81. The number of methoxy groups -OCH3 is 1. The smallest absolute Gasteiger partial charge is 0.170 e. The molecule has 0 saturated carbocycles. The molecule has 20 heavy (non-hydrogen) atoms. The Kier molecular flexibility index (Phi) is 5.39. The number of oxime groups is 1. The van der Waals surface area contributed by atoms with Gasteiger partial charge in [0.2, 0.25) is 0 Å². The normalized spacial score (nSPS) is 14.2. The maximum absolute atomic E-state index is 8.75. The molecule has 0 aromatic heterocycles. The van der Waals surface area contributed by atoms with Crippen molar-refractivity contribution in [2.75, 3.05) is 7.11 Å². The molecule has 0 aliphatic rings. The van der Waals surface area contributed by atoms with Crippen molar-refractivity contribution in [3.05, 3.63) is 29.3 Å². The predicted octanol–water partition coefficient (Wildman–Crippen LogP) is 2.31. The van der Waals surface area contributed by atoms with E-state index in [9.17, 15) is 0 Å². The molecule has 1 aromatic rings. The van der Waals surface area contributed by atoms with Crippen molar-refractivity contribution in [1.82, 2.24) is 5.32 Å². The van der Waals surface area contributed by atoms with E-state index in [2.05, 4.69) is 38.2 Å². The van der Waals surface area contributed by atoms with Crippen LogP contribution in [0.4, 0.5) is 0 Å². The minimum Gasteiger partial charge on any atom is -0.496 e. The number of ether oxygens (including phenoxy) is 1. The topological polar surface area (TPSA) is 79.9 Å². The van der Waals surface area contributed by atoms with Crippen LogP contribution in [0.25, 0.3) is 0 Å². The second kappa shape index (κ2) is 6.61. The first kappa shape index (κ1) is 16.3. The lowest BCUT2D eigenvalue weighted by Crippen LogP contribution is -2.37. The molecule has 0 heterocycles. The number of hydrogen-bond acceptors (Lipinski definition) is 4. The summed E-state index contributed by atoms with van der Waals surface area (Å²) in [6.45, 7) is 9.38. The van der Waals surface area contributed by atoms with Crippen LogP contribution in [0.2, 0.25) is 0 Å². The lowest BCUT2D eigenvalue weighted by Gasteiger charge is -2.28. The molecule has 0 amide bonds. The molecule has 5 heteroatoms. The molecule has 4 N–H and O–H groups in total. The Hall–Kier alpha value is -1.75. The van der Waals surface area contributed by atoms with Crippen LogP contribution in [0.5, 0.6) is 5.75 Å². The summed E-state index contributed by atoms with van der Waals surface area (Å²) in [5, 5.41) is 15.2. The van der Waals surface area contributed by atoms with Crippen molar-refractivity contribution in [2.45, 2.75) is 40.3 Å². The molecule has 0 aliphatic carbocycles. The first-order valence-corrected chi connectivity index (χ1v) is 6.67. The molecular formula is C15H25N3O2. The number of amidine groups is 1. The molecule has 0 saturated heterocycles. The summed E-state index contributed by atoms with van der Waals surface area (Å²) in [5.74, 6) is 0.880. The lowest BCUT2D eigenvalue weighted by molar-refractivity contribution is 0.283. The first-order chi connectivity index (χ1) is 9.29. The molecule has 0 aliphatic heterocycles. The Labute approximate surface area is 120 Å². The molecule has 1 aromatic carbocycles. The fraction of sp³-hybridized carbons (Fsp3) is 0.533. The molecule has 1 unspecified atom stereocenters. The molecule has 0 fully saturated rings. The van der Waals surface area contributed by atoms with Crippen molar-refractivity contribution in [1.29, 1.82) is 0 Å². The monoisotopic (exact) mass is 279 g/mol. The van der Waals surface area contributed by atoms with E-state index in [1.807, 2.05) is 12.1 Å². The molecular weight excluding hydrogens is 254 g/mol. The van der Waals surface area contributed by atoms with Crippen LogP contribution >= 0.6 is 0 Å². The highest BCUT2D eigenvalue weighted by atomic mass is 16.5. The van der Waals surface area contributed by atoms with E-state index in [1.54, 1.807) is 13.2 Å². The van der Waals surface area contributed by atoms with Crippen molar-refractivity contribution < 1.29 is 9.94 Å². The molecule has 0 spiro atoms. The summed E-state index contributed by atoms with van der Waals surface area (Å²) in [6.07, 6.45) is 0. The van der Waals surface area contributed by atoms with E-state index < -0.39 is 0 Å². The van der Waals surface area contributed by atoms with Gasteiger partial charge in [-0.15, -0.1) is 0 Å². The molecule has 1 rings (SSSR count). The number of nitrogens with two attached hydrogens (primary N) is 1. The molecule has 1 atom stereocenters. The van der Waals surface area contributed by atoms with E-state index in [0.29, 0.717) is 18.2 Å². The van der Waals surface area contributed by atoms with Crippen LogP contribution in [0.3, 0.4) is 0 Å². The van der Waals surface area contributed by atoms with Gasteiger partial charge in [0.15, 0.2) is 5.84 Å². The molecule has 112 valence electrons. The third-order valence-corrected chi connectivity index (χ3v) is 3.58. The van der Waals surface area contributed by atoms with Gasteiger partial charge in [0.1, 0.15) is 5.75 Å². The van der Waals surface area contributed by atoms with Gasteiger partial charge in [-0.05, 0) is 30.5 Å². The van der Waals surface area contributed by atoms with Crippen LogP contribution in [0.15, 0.2) is 23.4 Å². The number of rotatable bonds is 5. The number of nitrogens with zero attached hydrogens (tertiary/aromatic N) is 1. The SMILES string of the molecule is COc1ccc(/C(N)=N/O)cc1CNC(C)C(C)(C)C. The fourth-order valence-electron chi connectivity index (χ4n) is 1.70. The first-order valence-electron chi connectivity index (χ1n) is 6.67. The summed E-state index contributed by atoms with van der Waals surface area (Å²) in [4.78, 5) is 0. The van der Waals surface area contributed by atoms with Crippen LogP contribution in [0.1, 0.15) is 38.8 Å². The highest BCUT2D eigenvalue weighted by molar-refractivity contribution is 5.97. The number of benzene rings is 1. The third kappa shape index (κ3) is 4.13. The highest BCUT2D eigenvalue weighted by Crippen LogP contribution is 2.22. The summed E-state index contributed by atoms with van der Waals surface area (Å²) in [7, 11) is 1.63. The highest BCUT2D eigenvalue weighted by Gasteiger charge is 2.19. The van der Waals surface area contributed by atoms with Crippen LogP contribution < -0.4 is 15.8 Å². The summed E-state index contributed by atoms with van der Waals surface area (Å²) < 4.78 is 5.35. The molecule has 0 radical (unpaired) electrons. The van der Waals surface area contributed by atoms with Crippen LogP contribution in [0, 0.1) is 5.41 Å². The van der Waals surface area contributed by atoms with Gasteiger partial charge >= 0.3 is 0 Å². The van der Waals surface area contributed by atoms with Gasteiger partial charge in [-0.1, -0.05) is 25.9 Å². The largest absolute Gasteiger partial charge is 0.496 e. The van der Waals surface area contributed by atoms with Gasteiger partial charge in [-0.2, -0.15) is 0 Å². The zero-order valence-corrected chi connectivity index (χ0v) is 12.9. The minimum atomic E-state index is 0.0952. The maximum atomic E-state index is 8.75. The number of nitrogens with one attached hydrogen (secondary N) is 1. The van der Waals surface area contributed by atoms with E-state index in [0.717, 1.165) is 11.3 Å². The third-order valence-electron chi connectivity index (χ3n) is 3.58. The Bertz CT molecular complexity index is 478. The van der Waals surface area contributed by atoms with Crippen molar-refractivity contribution in [3.63, 3.8) is 0 Å². The summed E-state index contributed by atoms with van der Waals surface area (Å²) in [5.41, 5.74) is 7.45. The van der Waals surface area contributed by atoms with Gasteiger partial charge < -0.3 is 21.0 Å². The fourth-order valence-corrected chi connectivity index (χ4v) is 1.70. The second-order valence-electron chi connectivity index (χ2n) is 5.98. The van der Waals surface area contributed by atoms with Gasteiger partial charge in [0.25, 0.3) is 0 Å². The summed E-state index contributed by atoms with van der Waals surface area (Å²) >= 11 is 0. The van der Waals surface area contributed by atoms with Gasteiger partial charge in [0, 0.05) is 23.7 Å². The quantitative estimate of drug-likeness (QED) is 0.334. The Morgan fingerprint density at radius 1 is 1.45 bits per heavy atom. The minimum absolute atomic E-state index is 0.0952. The van der Waals surface area contributed by atoms with Crippen LogP contribution in [-0.2, 0) is 6.54 Å². The molecule has 0 bridgehead atoms. The molecule has 5 nitrogen and oxygen atoms in total. The average Bonchev–Trinajstić information content (AvgIpc) is 2.42.